The minimum Gasteiger partial charge on any atom is -0.292 e. The van der Waals surface area contributed by atoms with Crippen LogP contribution in [-0.4, -0.2) is 9.13 Å². The summed E-state index contributed by atoms with van der Waals surface area (Å²) >= 11 is 0. The van der Waals surface area contributed by atoms with Gasteiger partial charge in [-0.25, -0.2) is 4.79 Å². The molecule has 0 radical (unpaired) electrons. The van der Waals surface area contributed by atoms with Crippen molar-refractivity contribution in [3.63, 3.8) is 0 Å². The smallest absolute Gasteiger partial charge is 0.292 e. The highest BCUT2D eigenvalue weighted by Gasteiger charge is 2.19. The van der Waals surface area contributed by atoms with Gasteiger partial charge in [-0.3, -0.25) is 9.13 Å². The van der Waals surface area contributed by atoms with Crippen molar-refractivity contribution in [3.8, 4) is 6.07 Å². The van der Waals surface area contributed by atoms with Gasteiger partial charge in [0.2, 0.25) is 0 Å². The van der Waals surface area contributed by atoms with Crippen LogP contribution in [0.3, 0.4) is 0 Å². The van der Waals surface area contributed by atoms with E-state index in [1.54, 1.807) is 9.13 Å². The number of rotatable bonds is 4. The summed E-state index contributed by atoms with van der Waals surface area (Å²) in [6.07, 6.45) is 0.668. The van der Waals surface area contributed by atoms with Crippen molar-refractivity contribution in [2.75, 3.05) is 0 Å². The van der Waals surface area contributed by atoms with E-state index in [2.05, 4.69) is 6.07 Å². The molecule has 0 saturated heterocycles. The van der Waals surface area contributed by atoms with E-state index in [9.17, 15) is 4.79 Å². The van der Waals surface area contributed by atoms with Gasteiger partial charge in [0, 0.05) is 13.1 Å². The number of nitriles is 1. The Kier molecular flexibility index (Phi) is 3.48. The maximum absolute atomic E-state index is 12.4. The Bertz CT molecular complexity index is 685. The lowest BCUT2D eigenvalue weighted by molar-refractivity contribution is 0.411. The number of hydrogen-bond acceptors (Lipinski definition) is 2. The summed E-state index contributed by atoms with van der Waals surface area (Å²) in [6, 6.07) is 10.1. The zero-order chi connectivity index (χ0) is 14.0. The Labute approximate surface area is 112 Å². The number of nitrogens with zero attached hydrogens (tertiary/aromatic N) is 3. The van der Waals surface area contributed by atoms with Gasteiger partial charge < -0.3 is 0 Å². The zero-order valence-electron chi connectivity index (χ0n) is 11.7. The van der Waals surface area contributed by atoms with Crippen LogP contribution in [0.1, 0.15) is 27.2 Å². The summed E-state index contributed by atoms with van der Waals surface area (Å²) in [5.41, 5.74) is 1.51. The molecule has 100 valence electrons. The molecule has 4 heteroatoms. The molecule has 0 fully saturated rings. The topological polar surface area (TPSA) is 50.7 Å². The molecular formula is C15H19N3O. The molecule has 19 heavy (non-hydrogen) atoms. The monoisotopic (exact) mass is 257 g/mol. The summed E-state index contributed by atoms with van der Waals surface area (Å²) in [7, 11) is 0. The predicted molar refractivity (Wildman–Crippen MR) is 75.9 cm³/mol. The van der Waals surface area contributed by atoms with Crippen LogP contribution < -0.4 is 5.69 Å². The Morgan fingerprint density at radius 3 is 2.32 bits per heavy atom. The molecule has 2 rings (SSSR count). The largest absolute Gasteiger partial charge is 0.329 e. The number of aryl methyl sites for hydroxylation is 2. The van der Waals surface area contributed by atoms with E-state index in [0.29, 0.717) is 19.5 Å². The van der Waals surface area contributed by atoms with Gasteiger partial charge in [-0.2, -0.15) is 5.26 Å². The number of para-hydroxylation sites is 2. The van der Waals surface area contributed by atoms with Crippen LogP contribution in [-0.2, 0) is 13.1 Å². The van der Waals surface area contributed by atoms with Gasteiger partial charge in [0.15, 0.2) is 0 Å². The second-order valence-corrected chi connectivity index (χ2v) is 5.41. The van der Waals surface area contributed by atoms with Gasteiger partial charge in [-0.1, -0.05) is 12.1 Å². The van der Waals surface area contributed by atoms with Crippen LogP contribution in [0, 0.1) is 16.7 Å². The first-order valence-corrected chi connectivity index (χ1v) is 6.59. The van der Waals surface area contributed by atoms with Crippen molar-refractivity contribution in [3.05, 3.63) is 34.7 Å². The number of benzene rings is 1. The molecule has 1 aromatic heterocycles. The molecule has 0 spiro atoms. The first kappa shape index (κ1) is 13.4. The Morgan fingerprint density at radius 1 is 1.21 bits per heavy atom. The minimum atomic E-state index is -0.408. The fourth-order valence-electron chi connectivity index (χ4n) is 2.24. The Balaban J connectivity index is 2.47. The van der Waals surface area contributed by atoms with E-state index in [1.807, 2.05) is 45.0 Å². The number of fused-ring (bicyclic) bond motifs is 1. The maximum atomic E-state index is 12.4. The van der Waals surface area contributed by atoms with E-state index >= 15 is 0 Å². The van der Waals surface area contributed by atoms with Crippen molar-refractivity contribution in [1.82, 2.24) is 9.13 Å². The van der Waals surface area contributed by atoms with Crippen LogP contribution in [0.5, 0.6) is 0 Å². The van der Waals surface area contributed by atoms with Crippen molar-refractivity contribution in [2.24, 2.45) is 5.41 Å². The first-order chi connectivity index (χ1) is 9.00. The van der Waals surface area contributed by atoms with Crippen LogP contribution in [0.15, 0.2) is 29.1 Å². The molecule has 0 unspecified atom stereocenters. The fourth-order valence-corrected chi connectivity index (χ4v) is 2.24. The van der Waals surface area contributed by atoms with Gasteiger partial charge in [-0.15, -0.1) is 0 Å². The number of imidazole rings is 1. The van der Waals surface area contributed by atoms with Gasteiger partial charge in [0.1, 0.15) is 0 Å². The summed E-state index contributed by atoms with van der Waals surface area (Å²) < 4.78 is 3.55. The van der Waals surface area contributed by atoms with Crippen LogP contribution in [0.25, 0.3) is 11.0 Å². The Hall–Kier alpha value is -2.02. The van der Waals surface area contributed by atoms with Crippen LogP contribution >= 0.6 is 0 Å². The fraction of sp³-hybridized carbons (Fsp3) is 0.467. The van der Waals surface area contributed by atoms with E-state index < -0.39 is 5.41 Å². The molecular weight excluding hydrogens is 238 g/mol. The lowest BCUT2D eigenvalue weighted by Crippen LogP contribution is -2.25. The molecule has 0 aliphatic rings. The van der Waals surface area contributed by atoms with E-state index in [4.69, 9.17) is 5.26 Å². The lowest BCUT2D eigenvalue weighted by Gasteiger charge is -2.14. The molecule has 0 atom stereocenters. The van der Waals surface area contributed by atoms with Gasteiger partial charge in [0.25, 0.3) is 0 Å². The average molecular weight is 257 g/mol. The quantitative estimate of drug-likeness (QED) is 0.845. The third-order valence-corrected chi connectivity index (χ3v) is 3.50. The molecule has 0 bridgehead atoms. The van der Waals surface area contributed by atoms with E-state index in [-0.39, 0.29) is 5.69 Å². The molecule has 4 nitrogen and oxygen atoms in total. The second kappa shape index (κ2) is 4.93. The van der Waals surface area contributed by atoms with Gasteiger partial charge in [-0.05, 0) is 39.3 Å². The van der Waals surface area contributed by atoms with Crippen molar-refractivity contribution >= 4 is 11.0 Å². The molecule has 0 N–H and O–H groups in total. The predicted octanol–water partition coefficient (Wildman–Crippen LogP) is 2.76. The zero-order valence-corrected chi connectivity index (χ0v) is 11.7. The molecule has 1 aromatic carbocycles. The maximum Gasteiger partial charge on any atom is 0.329 e. The lowest BCUT2D eigenvalue weighted by atomic mass is 9.91. The van der Waals surface area contributed by atoms with Gasteiger partial charge in [0.05, 0.1) is 22.5 Å². The highest BCUT2D eigenvalue weighted by molar-refractivity contribution is 5.75. The number of aromatic nitrogens is 2. The Morgan fingerprint density at radius 2 is 1.79 bits per heavy atom. The first-order valence-electron chi connectivity index (χ1n) is 6.59. The third-order valence-electron chi connectivity index (χ3n) is 3.50. The van der Waals surface area contributed by atoms with Gasteiger partial charge >= 0.3 is 5.69 Å². The summed E-state index contributed by atoms with van der Waals surface area (Å²) in [6.45, 7) is 7.01. The SMILES string of the molecule is CCn1c(=O)n(CCC(C)(C)C#N)c2ccccc21. The summed E-state index contributed by atoms with van der Waals surface area (Å²) in [4.78, 5) is 12.4. The third kappa shape index (κ3) is 2.41. The van der Waals surface area contributed by atoms with Crippen LogP contribution in [0.4, 0.5) is 0 Å². The van der Waals surface area contributed by atoms with E-state index in [1.165, 1.54) is 0 Å². The molecule has 0 amide bonds. The average Bonchev–Trinajstić information content (AvgIpc) is 2.68. The molecule has 0 saturated carbocycles. The van der Waals surface area contributed by atoms with Crippen LogP contribution in [0.2, 0.25) is 0 Å². The summed E-state index contributed by atoms with van der Waals surface area (Å²) in [5.74, 6) is 0. The normalized spacial score (nSPS) is 11.7. The van der Waals surface area contributed by atoms with Crippen molar-refractivity contribution < 1.29 is 0 Å². The number of hydrogen-bond donors (Lipinski definition) is 0. The summed E-state index contributed by atoms with van der Waals surface area (Å²) in [5, 5.41) is 9.06. The molecule has 0 aliphatic carbocycles. The highest BCUT2D eigenvalue weighted by atomic mass is 16.1. The van der Waals surface area contributed by atoms with Crippen molar-refractivity contribution in [2.45, 2.75) is 40.3 Å². The van der Waals surface area contributed by atoms with Crippen molar-refractivity contribution in [1.29, 1.82) is 5.26 Å². The standard InChI is InChI=1S/C15H19N3O/c1-4-17-12-7-5-6-8-13(12)18(14(17)19)10-9-15(2,3)11-16/h5-8H,4,9-10H2,1-3H3. The molecule has 1 heterocycles. The minimum absolute atomic E-state index is 0.0115. The highest BCUT2D eigenvalue weighted by Crippen LogP contribution is 2.21. The van der Waals surface area contributed by atoms with E-state index in [0.717, 1.165) is 11.0 Å². The molecule has 2 aromatic rings. The second-order valence-electron chi connectivity index (χ2n) is 5.41. The molecule has 0 aliphatic heterocycles.